The average Bonchev–Trinajstić information content (AvgIpc) is 2.62. The number of thiazole rings is 1. The lowest BCUT2D eigenvalue weighted by atomic mass is 10.2. The van der Waals surface area contributed by atoms with Crippen LogP contribution in [0.4, 0.5) is 11.4 Å². The third kappa shape index (κ3) is 2.59. The molecule has 1 aromatic heterocycles. The Morgan fingerprint density at radius 3 is 2.95 bits per heavy atom. The highest BCUT2D eigenvalue weighted by molar-refractivity contribution is 7.11. The van der Waals surface area contributed by atoms with E-state index in [1.807, 2.05) is 11.3 Å². The third-order valence-electron chi connectivity index (χ3n) is 3.56. The van der Waals surface area contributed by atoms with Crippen LogP contribution >= 0.6 is 11.3 Å². The zero-order valence-electron chi connectivity index (χ0n) is 11.4. The largest absolute Gasteiger partial charge is 0.383 e. The van der Waals surface area contributed by atoms with Crippen LogP contribution in [0.3, 0.4) is 0 Å². The fraction of sp³-hybridized carbons (Fsp3) is 0.400. The maximum Gasteiger partial charge on any atom is 0.112 e. The van der Waals surface area contributed by atoms with E-state index >= 15 is 0 Å². The lowest BCUT2D eigenvalue weighted by Gasteiger charge is -2.23. The topological polar surface area (TPSA) is 28.2 Å². The minimum Gasteiger partial charge on any atom is -0.383 e. The molecule has 0 spiro atoms. The molecule has 1 N–H and O–H groups in total. The molecular weight excluding hydrogens is 254 g/mol. The summed E-state index contributed by atoms with van der Waals surface area (Å²) < 4.78 is 0. The SMILES string of the molecule is Cc1nc(CN2CCCNc3ccccc32)sc1C. The number of aromatic nitrogens is 1. The molecule has 3 nitrogen and oxygen atoms in total. The van der Waals surface area contributed by atoms with Gasteiger partial charge in [0.05, 0.1) is 23.6 Å². The van der Waals surface area contributed by atoms with Crippen LogP contribution < -0.4 is 10.2 Å². The highest BCUT2D eigenvalue weighted by Crippen LogP contribution is 2.30. The van der Waals surface area contributed by atoms with Crippen molar-refractivity contribution in [3.8, 4) is 0 Å². The van der Waals surface area contributed by atoms with Gasteiger partial charge in [0, 0.05) is 18.0 Å². The second kappa shape index (κ2) is 5.21. The van der Waals surface area contributed by atoms with Gasteiger partial charge in [-0.25, -0.2) is 4.98 Å². The molecule has 100 valence electrons. The Balaban J connectivity index is 1.88. The lowest BCUT2D eigenvalue weighted by molar-refractivity contribution is 0.760. The van der Waals surface area contributed by atoms with E-state index in [-0.39, 0.29) is 0 Å². The molecule has 0 bridgehead atoms. The summed E-state index contributed by atoms with van der Waals surface area (Å²) in [4.78, 5) is 8.43. The molecule has 1 aliphatic rings. The van der Waals surface area contributed by atoms with E-state index in [9.17, 15) is 0 Å². The third-order valence-corrected chi connectivity index (χ3v) is 4.62. The average molecular weight is 273 g/mol. The standard InChI is InChI=1S/C15H19N3S/c1-11-12(2)19-15(17-11)10-18-9-5-8-16-13-6-3-4-7-14(13)18/h3-4,6-7,16H,5,8-10H2,1-2H3. The molecule has 1 aliphatic heterocycles. The van der Waals surface area contributed by atoms with E-state index in [1.54, 1.807) is 0 Å². The smallest absolute Gasteiger partial charge is 0.112 e. The van der Waals surface area contributed by atoms with Gasteiger partial charge in [0.15, 0.2) is 0 Å². The predicted octanol–water partition coefficient (Wildman–Crippen LogP) is 3.58. The second-order valence-corrected chi connectivity index (χ2v) is 6.26. The van der Waals surface area contributed by atoms with Gasteiger partial charge in [-0.1, -0.05) is 12.1 Å². The van der Waals surface area contributed by atoms with Crippen molar-refractivity contribution in [3.05, 3.63) is 39.8 Å². The zero-order chi connectivity index (χ0) is 13.2. The van der Waals surface area contributed by atoms with Gasteiger partial charge < -0.3 is 10.2 Å². The van der Waals surface area contributed by atoms with Crippen molar-refractivity contribution in [2.45, 2.75) is 26.8 Å². The van der Waals surface area contributed by atoms with Crippen LogP contribution in [0, 0.1) is 13.8 Å². The normalized spacial score (nSPS) is 14.7. The Morgan fingerprint density at radius 1 is 1.32 bits per heavy atom. The minimum absolute atomic E-state index is 0.915. The predicted molar refractivity (Wildman–Crippen MR) is 82.2 cm³/mol. The van der Waals surface area contributed by atoms with Crippen LogP contribution in [0.25, 0.3) is 0 Å². The zero-order valence-corrected chi connectivity index (χ0v) is 12.3. The molecule has 0 aliphatic carbocycles. The molecule has 0 saturated heterocycles. The van der Waals surface area contributed by atoms with Crippen molar-refractivity contribution in [2.24, 2.45) is 0 Å². The van der Waals surface area contributed by atoms with Gasteiger partial charge in [-0.2, -0.15) is 0 Å². The van der Waals surface area contributed by atoms with Crippen molar-refractivity contribution in [2.75, 3.05) is 23.3 Å². The maximum absolute atomic E-state index is 4.66. The number of anilines is 2. The summed E-state index contributed by atoms with van der Waals surface area (Å²) >= 11 is 1.82. The first kappa shape index (κ1) is 12.5. The molecule has 1 aromatic carbocycles. The maximum atomic E-state index is 4.66. The molecule has 0 atom stereocenters. The molecule has 0 fully saturated rings. The highest BCUT2D eigenvalue weighted by Gasteiger charge is 2.16. The summed E-state index contributed by atoms with van der Waals surface area (Å²) in [5.41, 5.74) is 3.71. The molecule has 4 heteroatoms. The highest BCUT2D eigenvalue weighted by atomic mass is 32.1. The van der Waals surface area contributed by atoms with Crippen molar-refractivity contribution in [1.82, 2.24) is 4.98 Å². The van der Waals surface area contributed by atoms with Crippen LogP contribution in [0.5, 0.6) is 0 Å². The first-order chi connectivity index (χ1) is 9.24. The van der Waals surface area contributed by atoms with Gasteiger partial charge in [0.25, 0.3) is 0 Å². The van der Waals surface area contributed by atoms with Crippen molar-refractivity contribution in [3.63, 3.8) is 0 Å². The number of para-hydroxylation sites is 2. The molecule has 0 saturated carbocycles. The van der Waals surface area contributed by atoms with Crippen molar-refractivity contribution >= 4 is 22.7 Å². The van der Waals surface area contributed by atoms with Gasteiger partial charge in [-0.15, -0.1) is 11.3 Å². The quantitative estimate of drug-likeness (QED) is 0.906. The van der Waals surface area contributed by atoms with E-state index < -0.39 is 0 Å². The minimum atomic E-state index is 0.915. The summed E-state index contributed by atoms with van der Waals surface area (Å²) in [5.74, 6) is 0. The Labute approximate surface area is 118 Å². The number of benzene rings is 1. The summed E-state index contributed by atoms with van der Waals surface area (Å²) in [6, 6.07) is 8.55. The lowest BCUT2D eigenvalue weighted by Crippen LogP contribution is -2.23. The Hall–Kier alpha value is -1.55. The molecular formula is C15H19N3S. The number of fused-ring (bicyclic) bond motifs is 1. The fourth-order valence-electron chi connectivity index (χ4n) is 2.45. The Kier molecular flexibility index (Phi) is 3.42. The summed E-state index contributed by atoms with van der Waals surface area (Å²) in [7, 11) is 0. The number of nitrogens with one attached hydrogen (secondary N) is 1. The number of hydrogen-bond donors (Lipinski definition) is 1. The molecule has 3 rings (SSSR count). The monoisotopic (exact) mass is 273 g/mol. The first-order valence-corrected chi connectivity index (χ1v) is 7.56. The number of rotatable bonds is 2. The van der Waals surface area contributed by atoms with Crippen LogP contribution in [-0.4, -0.2) is 18.1 Å². The summed E-state index contributed by atoms with van der Waals surface area (Å²) in [6.45, 7) is 7.28. The molecule has 0 unspecified atom stereocenters. The van der Waals surface area contributed by atoms with Gasteiger partial charge in [-0.3, -0.25) is 0 Å². The van der Waals surface area contributed by atoms with Gasteiger partial charge in [0.1, 0.15) is 5.01 Å². The second-order valence-electron chi connectivity index (χ2n) is 4.97. The number of nitrogens with zero attached hydrogens (tertiary/aromatic N) is 2. The van der Waals surface area contributed by atoms with Crippen LogP contribution in [0.1, 0.15) is 22.0 Å². The van der Waals surface area contributed by atoms with E-state index in [2.05, 4.69) is 53.3 Å². The number of hydrogen-bond acceptors (Lipinski definition) is 4. The summed E-state index contributed by atoms with van der Waals surface area (Å²) in [6.07, 6.45) is 1.16. The molecule has 19 heavy (non-hydrogen) atoms. The molecule has 2 heterocycles. The summed E-state index contributed by atoms with van der Waals surface area (Å²) in [5, 5.41) is 4.71. The van der Waals surface area contributed by atoms with Crippen LogP contribution in [0.2, 0.25) is 0 Å². The Bertz CT molecular complexity index is 557. The van der Waals surface area contributed by atoms with E-state index in [4.69, 9.17) is 0 Å². The number of aryl methyl sites for hydroxylation is 2. The van der Waals surface area contributed by atoms with Crippen molar-refractivity contribution in [1.29, 1.82) is 0 Å². The Morgan fingerprint density at radius 2 is 2.16 bits per heavy atom. The van der Waals surface area contributed by atoms with Crippen molar-refractivity contribution < 1.29 is 0 Å². The first-order valence-electron chi connectivity index (χ1n) is 6.75. The van der Waals surface area contributed by atoms with Gasteiger partial charge in [0.2, 0.25) is 0 Å². The van der Waals surface area contributed by atoms with Crippen LogP contribution in [0.15, 0.2) is 24.3 Å². The molecule has 0 radical (unpaired) electrons. The molecule has 2 aromatic rings. The fourth-order valence-corrected chi connectivity index (χ4v) is 3.40. The van der Waals surface area contributed by atoms with E-state index in [0.29, 0.717) is 0 Å². The van der Waals surface area contributed by atoms with Crippen LogP contribution in [-0.2, 0) is 6.54 Å². The van der Waals surface area contributed by atoms with Gasteiger partial charge >= 0.3 is 0 Å². The van der Waals surface area contributed by atoms with E-state index in [1.165, 1.54) is 27.0 Å². The molecule has 0 amide bonds. The van der Waals surface area contributed by atoms with Gasteiger partial charge in [-0.05, 0) is 32.4 Å². The van der Waals surface area contributed by atoms with E-state index in [0.717, 1.165) is 26.1 Å².